The van der Waals surface area contributed by atoms with E-state index < -0.39 is 9.28 Å². The van der Waals surface area contributed by atoms with Gasteiger partial charge < -0.3 is 4.43 Å². The van der Waals surface area contributed by atoms with Crippen LogP contribution in [0.3, 0.4) is 0 Å². The summed E-state index contributed by atoms with van der Waals surface area (Å²) in [7, 11) is 0.546. The van der Waals surface area contributed by atoms with E-state index in [-0.39, 0.29) is 5.97 Å². The standard InChI is InChI=1S/C7H10O2Si2/c8-7(9-11-10)6-4-2-1-3-5-6/h1-5H,11H2,10H3. The van der Waals surface area contributed by atoms with Crippen molar-refractivity contribution in [1.82, 2.24) is 0 Å². The summed E-state index contributed by atoms with van der Waals surface area (Å²) in [5.41, 5.74) is 0.663. The molecule has 1 rings (SSSR count). The zero-order valence-electron chi connectivity index (χ0n) is 6.41. The molecule has 2 nitrogen and oxygen atoms in total. The molecule has 0 spiro atoms. The Labute approximate surface area is 70.7 Å². The molecule has 0 N–H and O–H groups in total. The van der Waals surface area contributed by atoms with Gasteiger partial charge in [0.25, 0.3) is 0 Å². The number of benzene rings is 1. The molecule has 0 heterocycles. The van der Waals surface area contributed by atoms with E-state index >= 15 is 0 Å². The molecule has 11 heavy (non-hydrogen) atoms. The molecule has 0 unspecified atom stereocenters. The van der Waals surface area contributed by atoms with Crippen molar-refractivity contribution in [3.8, 4) is 0 Å². The molecule has 0 bridgehead atoms. The molecule has 58 valence electrons. The monoisotopic (exact) mass is 182 g/mol. The maximum Gasteiger partial charge on any atom is 0.324 e. The maximum atomic E-state index is 11.1. The minimum absolute atomic E-state index is 0.160. The van der Waals surface area contributed by atoms with Crippen molar-refractivity contribution in [2.75, 3.05) is 0 Å². The van der Waals surface area contributed by atoms with Gasteiger partial charge in [-0.25, -0.2) is 4.79 Å². The fourth-order valence-corrected chi connectivity index (χ4v) is 2.00. The fourth-order valence-electron chi connectivity index (χ4n) is 0.789. The SMILES string of the molecule is O=C(O[SiH2][SiH3])c1ccccc1. The van der Waals surface area contributed by atoms with Crippen LogP contribution in [0.4, 0.5) is 0 Å². The van der Waals surface area contributed by atoms with Gasteiger partial charge in [-0.1, -0.05) is 18.2 Å². The number of hydrogen-bond donors (Lipinski definition) is 0. The summed E-state index contributed by atoms with van der Waals surface area (Å²) in [4.78, 5) is 11.1. The number of carbonyl (C=O) groups excluding carboxylic acids is 1. The normalized spacial score (nSPS) is 10.5. The highest BCUT2D eigenvalue weighted by atomic mass is 29.1. The second-order valence-corrected chi connectivity index (χ2v) is 4.68. The molecule has 0 fully saturated rings. The Morgan fingerprint density at radius 2 is 2.00 bits per heavy atom. The Hall–Kier alpha value is -0.876. The summed E-state index contributed by atoms with van der Waals surface area (Å²) in [6.07, 6.45) is 0. The lowest BCUT2D eigenvalue weighted by Crippen LogP contribution is -2.08. The van der Waals surface area contributed by atoms with Crippen molar-refractivity contribution < 1.29 is 9.22 Å². The Kier molecular flexibility index (Phi) is 3.06. The van der Waals surface area contributed by atoms with Crippen LogP contribution < -0.4 is 0 Å². The van der Waals surface area contributed by atoms with Gasteiger partial charge in [-0.05, 0) is 12.1 Å². The van der Waals surface area contributed by atoms with Crippen molar-refractivity contribution in [2.24, 2.45) is 0 Å². The molecule has 0 aliphatic carbocycles. The largest absolute Gasteiger partial charge is 0.526 e. The minimum Gasteiger partial charge on any atom is -0.526 e. The first kappa shape index (κ1) is 8.22. The lowest BCUT2D eigenvalue weighted by molar-refractivity contribution is 0.0746. The van der Waals surface area contributed by atoms with Crippen LogP contribution in [0.25, 0.3) is 0 Å². The molecule has 0 saturated heterocycles. The van der Waals surface area contributed by atoms with Crippen molar-refractivity contribution in [3.05, 3.63) is 35.9 Å². The van der Waals surface area contributed by atoms with E-state index in [2.05, 4.69) is 0 Å². The van der Waals surface area contributed by atoms with E-state index in [0.29, 0.717) is 5.56 Å². The third kappa shape index (κ3) is 2.32. The molecule has 4 heteroatoms. The first-order valence-electron chi connectivity index (χ1n) is 3.56. The van der Waals surface area contributed by atoms with E-state index in [1.54, 1.807) is 12.1 Å². The Morgan fingerprint density at radius 1 is 1.36 bits per heavy atom. The molecule has 0 aromatic heterocycles. The van der Waals surface area contributed by atoms with Gasteiger partial charge in [0, 0.05) is 9.76 Å². The van der Waals surface area contributed by atoms with Gasteiger partial charge in [0.15, 0.2) is 9.28 Å². The summed E-state index contributed by atoms with van der Waals surface area (Å²) in [5.74, 6) is -0.160. The summed E-state index contributed by atoms with van der Waals surface area (Å²) in [6, 6.07) is 9.10. The van der Waals surface area contributed by atoms with Crippen LogP contribution in [-0.4, -0.2) is 25.0 Å². The lowest BCUT2D eigenvalue weighted by Gasteiger charge is -1.99. The van der Waals surface area contributed by atoms with E-state index in [1.807, 2.05) is 18.2 Å². The summed E-state index contributed by atoms with van der Waals surface area (Å²) >= 11 is 0. The Bertz CT molecular complexity index is 235. The number of carbonyl (C=O) groups is 1. The minimum atomic E-state index is -0.488. The Balaban J connectivity index is 2.69. The van der Waals surface area contributed by atoms with Crippen LogP contribution in [0.1, 0.15) is 10.4 Å². The third-order valence-electron chi connectivity index (χ3n) is 1.28. The first-order chi connectivity index (χ1) is 5.34. The van der Waals surface area contributed by atoms with E-state index in [0.717, 1.165) is 9.76 Å². The molecular weight excluding hydrogens is 172 g/mol. The maximum absolute atomic E-state index is 11.1. The molecular formula is C7H10O2Si2. The molecule has 0 aliphatic rings. The average Bonchev–Trinajstić information content (AvgIpc) is 2.07. The second-order valence-electron chi connectivity index (χ2n) is 2.09. The predicted molar refractivity (Wildman–Crippen MR) is 50.3 cm³/mol. The molecule has 0 saturated carbocycles. The van der Waals surface area contributed by atoms with Gasteiger partial charge in [-0.3, -0.25) is 0 Å². The summed E-state index contributed by atoms with van der Waals surface area (Å²) in [5, 5.41) is 0. The Morgan fingerprint density at radius 3 is 2.55 bits per heavy atom. The first-order valence-corrected chi connectivity index (χ1v) is 9.80. The van der Waals surface area contributed by atoms with Gasteiger partial charge in [0.2, 0.25) is 0 Å². The molecule has 0 radical (unpaired) electrons. The van der Waals surface area contributed by atoms with Crippen LogP contribution in [0, 0.1) is 0 Å². The average molecular weight is 182 g/mol. The second kappa shape index (κ2) is 4.10. The molecule has 0 atom stereocenters. The van der Waals surface area contributed by atoms with Gasteiger partial charge in [-0.15, -0.1) is 0 Å². The van der Waals surface area contributed by atoms with Crippen LogP contribution >= 0.6 is 0 Å². The molecule has 1 aromatic carbocycles. The van der Waals surface area contributed by atoms with Gasteiger partial charge in [-0.2, -0.15) is 0 Å². The van der Waals surface area contributed by atoms with Gasteiger partial charge >= 0.3 is 5.97 Å². The zero-order chi connectivity index (χ0) is 8.10. The van der Waals surface area contributed by atoms with E-state index in [4.69, 9.17) is 4.43 Å². The predicted octanol–water partition coefficient (Wildman–Crippen LogP) is -0.792. The quantitative estimate of drug-likeness (QED) is 0.560. The van der Waals surface area contributed by atoms with Crippen LogP contribution in [0.2, 0.25) is 0 Å². The lowest BCUT2D eigenvalue weighted by atomic mass is 10.2. The summed E-state index contributed by atoms with van der Waals surface area (Å²) in [6.45, 7) is 0. The third-order valence-corrected chi connectivity index (χ3v) is 2.70. The van der Waals surface area contributed by atoms with Gasteiger partial charge in [0.1, 0.15) is 0 Å². The zero-order valence-corrected chi connectivity index (χ0v) is 9.82. The summed E-state index contributed by atoms with van der Waals surface area (Å²) < 4.78 is 4.99. The van der Waals surface area contributed by atoms with E-state index in [9.17, 15) is 4.79 Å². The van der Waals surface area contributed by atoms with Crippen molar-refractivity contribution in [2.45, 2.75) is 0 Å². The highest BCUT2D eigenvalue weighted by molar-refractivity contribution is 6.86. The fraction of sp³-hybridized carbons (Fsp3) is 0. The van der Waals surface area contributed by atoms with E-state index in [1.165, 1.54) is 0 Å². The smallest absolute Gasteiger partial charge is 0.324 e. The molecule has 0 amide bonds. The van der Waals surface area contributed by atoms with Crippen molar-refractivity contribution in [3.63, 3.8) is 0 Å². The van der Waals surface area contributed by atoms with Crippen LogP contribution in [0.15, 0.2) is 30.3 Å². The van der Waals surface area contributed by atoms with Crippen molar-refractivity contribution in [1.29, 1.82) is 0 Å². The molecule has 0 aliphatic heterocycles. The van der Waals surface area contributed by atoms with Crippen molar-refractivity contribution >= 4 is 25.0 Å². The van der Waals surface area contributed by atoms with Gasteiger partial charge in [0.05, 0.1) is 5.56 Å². The number of rotatable bonds is 2. The van der Waals surface area contributed by atoms with Crippen LogP contribution in [-0.2, 0) is 4.43 Å². The van der Waals surface area contributed by atoms with Crippen LogP contribution in [0.5, 0.6) is 0 Å². The number of hydrogen-bond acceptors (Lipinski definition) is 2. The highest BCUT2D eigenvalue weighted by Crippen LogP contribution is 1.99. The topological polar surface area (TPSA) is 26.3 Å². The molecule has 1 aromatic rings. The highest BCUT2D eigenvalue weighted by Gasteiger charge is 2.01.